The van der Waals surface area contributed by atoms with E-state index in [1.54, 1.807) is 49.4 Å². The number of aromatic nitrogens is 1. The molecule has 0 radical (unpaired) electrons. The van der Waals surface area contributed by atoms with Crippen LogP contribution in [0.3, 0.4) is 0 Å². The fourth-order valence-electron chi connectivity index (χ4n) is 2.84. The van der Waals surface area contributed by atoms with Gasteiger partial charge in [-0.2, -0.15) is 5.26 Å². The number of rotatable bonds is 4. The highest BCUT2D eigenvalue weighted by Crippen LogP contribution is 2.32. The highest BCUT2D eigenvalue weighted by Gasteiger charge is 2.40. The van der Waals surface area contributed by atoms with Gasteiger partial charge in [0.15, 0.2) is 0 Å². The summed E-state index contributed by atoms with van der Waals surface area (Å²) in [5, 5.41) is 9.50. The van der Waals surface area contributed by atoms with Crippen LogP contribution in [-0.4, -0.2) is 28.6 Å². The maximum Gasteiger partial charge on any atom is 0.266 e. The average Bonchev–Trinajstić information content (AvgIpc) is 2.68. The Morgan fingerprint density at radius 1 is 1.22 bits per heavy atom. The van der Waals surface area contributed by atoms with Gasteiger partial charge in [0, 0.05) is 18.0 Å². The van der Waals surface area contributed by atoms with Gasteiger partial charge in [0.05, 0.1) is 12.0 Å². The Hall–Kier alpha value is -3.33. The fourth-order valence-corrected chi connectivity index (χ4v) is 2.84. The number of fused-ring (bicyclic) bond motifs is 1. The quantitative estimate of drug-likeness (QED) is 0.618. The topological polar surface area (TPSA) is 86.4 Å². The summed E-state index contributed by atoms with van der Waals surface area (Å²) in [4.78, 5) is 35.7. The first-order chi connectivity index (χ1) is 12.9. The van der Waals surface area contributed by atoms with E-state index < -0.39 is 23.3 Å². The molecule has 0 aliphatic carbocycles. The molecule has 1 aromatic heterocycles. The molecule has 0 bridgehead atoms. The lowest BCUT2D eigenvalue weighted by atomic mass is 9.87. The van der Waals surface area contributed by atoms with Crippen molar-refractivity contribution in [2.75, 3.05) is 4.90 Å². The van der Waals surface area contributed by atoms with Gasteiger partial charge in [0.1, 0.15) is 11.4 Å². The van der Waals surface area contributed by atoms with E-state index in [0.29, 0.717) is 11.1 Å². The van der Waals surface area contributed by atoms with Crippen molar-refractivity contribution in [3.05, 3.63) is 59.8 Å². The zero-order valence-corrected chi connectivity index (χ0v) is 15.5. The predicted octanol–water partition coefficient (Wildman–Crippen LogP) is 3.36. The van der Waals surface area contributed by atoms with Crippen LogP contribution in [0.25, 0.3) is 0 Å². The molecule has 0 fully saturated rings. The van der Waals surface area contributed by atoms with Crippen LogP contribution in [0.2, 0.25) is 0 Å². The molecule has 1 aliphatic heterocycles. The van der Waals surface area contributed by atoms with Crippen molar-refractivity contribution in [2.45, 2.75) is 32.2 Å². The molecule has 0 N–H and O–H groups in total. The van der Waals surface area contributed by atoms with Crippen LogP contribution in [0, 0.1) is 17.2 Å². The summed E-state index contributed by atoms with van der Waals surface area (Å²) in [6, 6.07) is 14.2. The monoisotopic (exact) mass is 360 g/mol. The highest BCUT2D eigenvalue weighted by atomic mass is 16.2. The van der Waals surface area contributed by atoms with Crippen molar-refractivity contribution in [3.63, 3.8) is 0 Å². The van der Waals surface area contributed by atoms with Crippen LogP contribution in [0.1, 0.15) is 42.6 Å². The molecular weight excluding hydrogens is 340 g/mol. The molecule has 27 heavy (non-hydrogen) atoms. The van der Waals surface area contributed by atoms with Crippen molar-refractivity contribution in [3.8, 4) is 6.07 Å². The molecule has 2 aromatic rings. The Balaban J connectivity index is 2.10. The second-order valence-corrected chi connectivity index (χ2v) is 6.92. The third-order valence-corrected chi connectivity index (χ3v) is 4.94. The second-order valence-electron chi connectivity index (χ2n) is 6.92. The summed E-state index contributed by atoms with van der Waals surface area (Å²) in [6.45, 7) is 5.54. The zero-order chi connectivity index (χ0) is 19.6. The summed E-state index contributed by atoms with van der Waals surface area (Å²) in [6.07, 6.45) is 3.03. The Kier molecular flexibility index (Phi) is 4.87. The minimum atomic E-state index is -0.952. The number of anilines is 1. The Bertz CT molecular complexity index is 946. The zero-order valence-electron chi connectivity index (χ0n) is 15.5. The summed E-state index contributed by atoms with van der Waals surface area (Å²) >= 11 is 0. The maximum absolute atomic E-state index is 13.2. The van der Waals surface area contributed by atoms with Gasteiger partial charge in [-0.3, -0.25) is 14.6 Å². The highest BCUT2D eigenvalue weighted by molar-refractivity contribution is 6.28. The van der Waals surface area contributed by atoms with Gasteiger partial charge in [-0.15, -0.1) is 0 Å². The first-order valence-electron chi connectivity index (χ1n) is 8.74. The Labute approximate surface area is 158 Å². The van der Waals surface area contributed by atoms with E-state index in [4.69, 9.17) is 0 Å². The van der Waals surface area contributed by atoms with E-state index in [0.717, 1.165) is 4.90 Å². The minimum absolute atomic E-state index is 0.0267. The Morgan fingerprint density at radius 3 is 2.56 bits per heavy atom. The summed E-state index contributed by atoms with van der Waals surface area (Å²) in [5.41, 5.74) is 0.0712. The molecule has 0 saturated carbocycles. The molecule has 3 rings (SSSR count). The molecule has 136 valence electrons. The minimum Gasteiger partial charge on any atom is -0.275 e. The number of hydrogen-bond acceptors (Lipinski definition) is 5. The molecule has 2 amide bonds. The predicted molar refractivity (Wildman–Crippen MR) is 103 cm³/mol. The van der Waals surface area contributed by atoms with E-state index in [-0.39, 0.29) is 11.7 Å². The van der Waals surface area contributed by atoms with Gasteiger partial charge < -0.3 is 0 Å². The Morgan fingerprint density at radius 2 is 1.93 bits per heavy atom. The third kappa shape index (κ3) is 3.24. The van der Waals surface area contributed by atoms with Crippen molar-refractivity contribution >= 4 is 23.8 Å². The van der Waals surface area contributed by atoms with Crippen LogP contribution < -0.4 is 4.90 Å². The largest absolute Gasteiger partial charge is 0.275 e. The number of carbonyl (C=O) groups is 2. The molecule has 2 heterocycles. The molecule has 0 spiro atoms. The maximum atomic E-state index is 13.2. The molecule has 1 aromatic carbocycles. The van der Waals surface area contributed by atoms with Crippen LogP contribution in [-0.2, 0) is 4.79 Å². The third-order valence-electron chi connectivity index (χ3n) is 4.94. The van der Waals surface area contributed by atoms with E-state index in [2.05, 4.69) is 16.0 Å². The number of imide groups is 1. The standard InChI is InChI=1S/C21H20N4O2/c1-14(2)21(3,13-22)24-12-17-15-8-4-5-9-16(15)19(26)25(20(17)27)18-10-6-7-11-23-18/h4-12,14,17H,1-3H3/t17?,21-/m1/s1. The molecule has 1 aliphatic rings. The first-order valence-corrected chi connectivity index (χ1v) is 8.74. The van der Waals surface area contributed by atoms with Crippen molar-refractivity contribution in [1.82, 2.24) is 4.98 Å². The van der Waals surface area contributed by atoms with Crippen LogP contribution in [0.15, 0.2) is 53.7 Å². The van der Waals surface area contributed by atoms with Crippen molar-refractivity contribution < 1.29 is 9.59 Å². The lowest BCUT2D eigenvalue weighted by Crippen LogP contribution is -2.46. The second kappa shape index (κ2) is 7.12. The number of nitrogens with zero attached hydrogens (tertiary/aromatic N) is 4. The van der Waals surface area contributed by atoms with Crippen molar-refractivity contribution in [2.24, 2.45) is 10.9 Å². The molecule has 0 saturated heterocycles. The molecule has 6 nitrogen and oxygen atoms in total. The first kappa shape index (κ1) is 18.5. The average molecular weight is 360 g/mol. The van der Waals surface area contributed by atoms with E-state index in [1.165, 1.54) is 12.4 Å². The number of amides is 2. The number of hydrogen-bond donors (Lipinski definition) is 0. The normalized spacial score (nSPS) is 19.1. The van der Waals surface area contributed by atoms with E-state index >= 15 is 0 Å². The number of aliphatic imine (C=N–C) groups is 1. The van der Waals surface area contributed by atoms with E-state index in [9.17, 15) is 14.9 Å². The van der Waals surface area contributed by atoms with Gasteiger partial charge >= 0.3 is 0 Å². The van der Waals surface area contributed by atoms with Crippen LogP contribution in [0.5, 0.6) is 0 Å². The lowest BCUT2D eigenvalue weighted by molar-refractivity contribution is -0.118. The van der Waals surface area contributed by atoms with Crippen LogP contribution >= 0.6 is 0 Å². The van der Waals surface area contributed by atoms with Gasteiger partial charge in [0.2, 0.25) is 5.91 Å². The van der Waals surface area contributed by atoms with Gasteiger partial charge in [-0.1, -0.05) is 38.1 Å². The summed E-state index contributed by atoms with van der Waals surface area (Å²) in [7, 11) is 0. The number of carbonyl (C=O) groups excluding carboxylic acids is 2. The molecule has 2 atom stereocenters. The SMILES string of the molecule is CC(C)[C@@](C)(C#N)N=CC1C(=O)N(c2ccccn2)C(=O)c2ccccc21. The number of nitriles is 1. The fraction of sp³-hybridized carbons (Fsp3) is 0.286. The molecular formula is C21H20N4O2. The van der Waals surface area contributed by atoms with Gasteiger partial charge in [-0.25, -0.2) is 9.88 Å². The number of pyridine rings is 1. The molecule has 6 heteroatoms. The smallest absolute Gasteiger partial charge is 0.266 e. The molecule has 1 unspecified atom stereocenters. The van der Waals surface area contributed by atoms with Crippen LogP contribution in [0.4, 0.5) is 5.82 Å². The lowest BCUT2D eigenvalue weighted by Gasteiger charge is -2.30. The summed E-state index contributed by atoms with van der Waals surface area (Å²) < 4.78 is 0. The van der Waals surface area contributed by atoms with Crippen molar-refractivity contribution in [1.29, 1.82) is 5.26 Å². The summed E-state index contributed by atoms with van der Waals surface area (Å²) in [5.74, 6) is -1.35. The van der Waals surface area contributed by atoms with Gasteiger partial charge in [0.25, 0.3) is 5.91 Å². The van der Waals surface area contributed by atoms with E-state index in [1.807, 2.05) is 13.8 Å². The van der Waals surface area contributed by atoms with Gasteiger partial charge in [-0.05, 0) is 36.6 Å². The number of benzene rings is 1.